The zero-order chi connectivity index (χ0) is 19.7. The lowest BCUT2D eigenvalue weighted by molar-refractivity contribution is -0.101. The molecule has 0 bridgehead atoms. The van der Waals surface area contributed by atoms with Crippen molar-refractivity contribution in [3.8, 4) is 22.8 Å². The summed E-state index contributed by atoms with van der Waals surface area (Å²) in [6.45, 7) is 7.01. The van der Waals surface area contributed by atoms with Crippen LogP contribution < -0.4 is 15.0 Å². The molecule has 2 aliphatic rings. The van der Waals surface area contributed by atoms with E-state index in [1.165, 1.54) is 5.56 Å². The Labute approximate surface area is 165 Å². The van der Waals surface area contributed by atoms with Crippen LogP contribution >= 0.6 is 0 Å². The molecule has 1 aromatic heterocycles. The zero-order valence-corrected chi connectivity index (χ0v) is 16.7. The van der Waals surface area contributed by atoms with E-state index in [0.29, 0.717) is 38.7 Å². The molecule has 3 heterocycles. The predicted octanol–water partition coefficient (Wildman–Crippen LogP) is 3.00. The SMILES string of the molecule is COc1ccc2c(c1)CCn1c-2c(C(C)C)c(OC[C@@H]2COCCO2)cc1=O. The standard InChI is InChI=1S/C22H27NO5/c1-14(2)21-19(28-13-17-12-26-8-9-27-17)11-20(24)23-7-6-15-10-16(25-3)4-5-18(15)22(21)23/h4-5,10-11,14,17H,6-9,12-13H2,1-3H3/t17-/m0/s1. The molecule has 0 N–H and O–H groups in total. The average molecular weight is 385 g/mol. The van der Waals surface area contributed by atoms with Gasteiger partial charge in [0.25, 0.3) is 5.56 Å². The third-order valence-electron chi connectivity index (χ3n) is 5.37. The van der Waals surface area contributed by atoms with Crippen LogP contribution in [0.3, 0.4) is 0 Å². The lowest BCUT2D eigenvalue weighted by atomic mass is 9.89. The minimum Gasteiger partial charge on any atom is -0.497 e. The van der Waals surface area contributed by atoms with Gasteiger partial charge in [0.05, 0.1) is 32.6 Å². The summed E-state index contributed by atoms with van der Waals surface area (Å²) in [7, 11) is 1.67. The third kappa shape index (κ3) is 3.54. The molecule has 0 aliphatic carbocycles. The number of ether oxygens (including phenoxy) is 4. The highest BCUT2D eigenvalue weighted by Crippen LogP contribution is 2.40. The minimum absolute atomic E-state index is 0.0309. The summed E-state index contributed by atoms with van der Waals surface area (Å²) in [4.78, 5) is 12.8. The summed E-state index contributed by atoms with van der Waals surface area (Å²) >= 11 is 0. The van der Waals surface area contributed by atoms with E-state index in [0.717, 1.165) is 29.0 Å². The van der Waals surface area contributed by atoms with Crippen molar-refractivity contribution < 1.29 is 18.9 Å². The van der Waals surface area contributed by atoms with Crippen molar-refractivity contribution in [3.05, 3.63) is 45.7 Å². The normalized spacial score (nSPS) is 18.5. The molecule has 2 aromatic rings. The van der Waals surface area contributed by atoms with Crippen molar-refractivity contribution in [3.63, 3.8) is 0 Å². The largest absolute Gasteiger partial charge is 0.497 e. The van der Waals surface area contributed by atoms with Gasteiger partial charge in [0, 0.05) is 23.7 Å². The van der Waals surface area contributed by atoms with Crippen molar-refractivity contribution in [2.75, 3.05) is 33.5 Å². The molecular weight excluding hydrogens is 358 g/mol. The summed E-state index contributed by atoms with van der Waals surface area (Å²) in [5.74, 6) is 1.68. The Morgan fingerprint density at radius 2 is 2.11 bits per heavy atom. The number of nitrogens with zero attached hydrogens (tertiary/aromatic N) is 1. The monoisotopic (exact) mass is 385 g/mol. The number of methoxy groups -OCH3 is 1. The van der Waals surface area contributed by atoms with Crippen LogP contribution in [0.4, 0.5) is 0 Å². The molecule has 0 radical (unpaired) electrons. The van der Waals surface area contributed by atoms with Crippen LogP contribution in [0.5, 0.6) is 11.5 Å². The fourth-order valence-corrected chi connectivity index (χ4v) is 4.01. The second-order valence-corrected chi connectivity index (χ2v) is 7.57. The Kier molecular flexibility index (Phi) is 5.42. The molecule has 6 heteroatoms. The molecule has 0 unspecified atom stereocenters. The number of aromatic nitrogens is 1. The Balaban J connectivity index is 1.76. The molecule has 6 nitrogen and oxygen atoms in total. The van der Waals surface area contributed by atoms with Crippen molar-refractivity contribution in [2.24, 2.45) is 0 Å². The van der Waals surface area contributed by atoms with E-state index in [1.54, 1.807) is 13.2 Å². The minimum atomic E-state index is -0.107. The molecular formula is C22H27NO5. The summed E-state index contributed by atoms with van der Waals surface area (Å²) in [6.07, 6.45) is 0.703. The van der Waals surface area contributed by atoms with Gasteiger partial charge in [-0.3, -0.25) is 4.79 Å². The summed E-state index contributed by atoms with van der Waals surface area (Å²) in [5, 5.41) is 0. The van der Waals surface area contributed by atoms with E-state index in [9.17, 15) is 4.79 Å². The molecule has 0 amide bonds. The van der Waals surface area contributed by atoms with Gasteiger partial charge in [0.15, 0.2) is 0 Å². The number of rotatable bonds is 5. The number of hydrogen-bond donors (Lipinski definition) is 0. The van der Waals surface area contributed by atoms with Crippen LogP contribution in [0.25, 0.3) is 11.3 Å². The Morgan fingerprint density at radius 1 is 1.25 bits per heavy atom. The number of aryl methyl sites for hydroxylation is 1. The van der Waals surface area contributed by atoms with Gasteiger partial charge in [0.2, 0.25) is 0 Å². The molecule has 2 aliphatic heterocycles. The first-order chi connectivity index (χ1) is 13.6. The van der Waals surface area contributed by atoms with E-state index in [2.05, 4.69) is 19.9 Å². The summed E-state index contributed by atoms with van der Waals surface area (Å²) in [6, 6.07) is 7.68. The number of fused-ring (bicyclic) bond motifs is 3. The topological polar surface area (TPSA) is 58.9 Å². The van der Waals surface area contributed by atoms with E-state index in [1.807, 2.05) is 16.7 Å². The number of pyridine rings is 1. The molecule has 1 atom stereocenters. The van der Waals surface area contributed by atoms with E-state index >= 15 is 0 Å². The van der Waals surface area contributed by atoms with E-state index in [-0.39, 0.29) is 17.6 Å². The first-order valence-electron chi connectivity index (χ1n) is 9.85. The van der Waals surface area contributed by atoms with Gasteiger partial charge >= 0.3 is 0 Å². The fraction of sp³-hybridized carbons (Fsp3) is 0.500. The molecule has 1 fully saturated rings. The van der Waals surface area contributed by atoms with Crippen molar-refractivity contribution in [2.45, 2.75) is 38.8 Å². The fourth-order valence-electron chi connectivity index (χ4n) is 4.01. The highest BCUT2D eigenvalue weighted by Gasteiger charge is 2.26. The molecule has 28 heavy (non-hydrogen) atoms. The highest BCUT2D eigenvalue weighted by atomic mass is 16.6. The molecule has 1 saturated heterocycles. The van der Waals surface area contributed by atoms with Gasteiger partial charge in [0.1, 0.15) is 24.2 Å². The van der Waals surface area contributed by atoms with Gasteiger partial charge < -0.3 is 23.5 Å². The van der Waals surface area contributed by atoms with Crippen LogP contribution in [0.2, 0.25) is 0 Å². The number of hydrogen-bond acceptors (Lipinski definition) is 5. The summed E-state index contributed by atoms with van der Waals surface area (Å²) < 4.78 is 24.5. The molecule has 0 spiro atoms. The lowest BCUT2D eigenvalue weighted by Crippen LogP contribution is -2.34. The quantitative estimate of drug-likeness (QED) is 0.792. The maximum Gasteiger partial charge on any atom is 0.254 e. The second-order valence-electron chi connectivity index (χ2n) is 7.57. The molecule has 1 aromatic carbocycles. The van der Waals surface area contributed by atoms with Crippen molar-refractivity contribution >= 4 is 0 Å². The molecule has 0 saturated carbocycles. The number of benzene rings is 1. The van der Waals surface area contributed by atoms with E-state index in [4.69, 9.17) is 18.9 Å². The smallest absolute Gasteiger partial charge is 0.254 e. The van der Waals surface area contributed by atoms with Crippen LogP contribution in [-0.2, 0) is 22.4 Å². The van der Waals surface area contributed by atoms with E-state index < -0.39 is 0 Å². The van der Waals surface area contributed by atoms with Gasteiger partial charge in [-0.2, -0.15) is 0 Å². The molecule has 150 valence electrons. The van der Waals surface area contributed by atoms with Crippen molar-refractivity contribution in [1.29, 1.82) is 0 Å². The Morgan fingerprint density at radius 3 is 2.82 bits per heavy atom. The first-order valence-corrected chi connectivity index (χ1v) is 9.85. The zero-order valence-electron chi connectivity index (χ0n) is 16.7. The lowest BCUT2D eigenvalue weighted by Gasteiger charge is -2.29. The average Bonchev–Trinajstić information content (AvgIpc) is 2.72. The maximum atomic E-state index is 12.8. The van der Waals surface area contributed by atoms with Gasteiger partial charge in [-0.25, -0.2) is 0 Å². The van der Waals surface area contributed by atoms with Crippen LogP contribution in [0, 0.1) is 0 Å². The Bertz CT molecular complexity index is 912. The third-order valence-corrected chi connectivity index (χ3v) is 5.37. The first kappa shape index (κ1) is 19.0. The van der Waals surface area contributed by atoms with Crippen LogP contribution in [-0.4, -0.2) is 44.2 Å². The van der Waals surface area contributed by atoms with Crippen molar-refractivity contribution in [1.82, 2.24) is 4.57 Å². The van der Waals surface area contributed by atoms with Crippen LogP contribution in [0.1, 0.15) is 30.9 Å². The Hall–Kier alpha value is -2.31. The maximum absolute atomic E-state index is 12.8. The highest BCUT2D eigenvalue weighted by molar-refractivity contribution is 5.72. The van der Waals surface area contributed by atoms with Gasteiger partial charge in [-0.05, 0) is 36.1 Å². The predicted molar refractivity (Wildman–Crippen MR) is 107 cm³/mol. The molecule has 4 rings (SSSR count). The van der Waals surface area contributed by atoms with Gasteiger partial charge in [-0.15, -0.1) is 0 Å². The second kappa shape index (κ2) is 7.97. The summed E-state index contributed by atoms with van der Waals surface area (Å²) in [5.41, 5.74) is 4.26. The van der Waals surface area contributed by atoms with Crippen LogP contribution in [0.15, 0.2) is 29.1 Å². The van der Waals surface area contributed by atoms with Gasteiger partial charge in [-0.1, -0.05) is 13.8 Å².